The minimum absolute atomic E-state index is 0.000264. The van der Waals surface area contributed by atoms with Gasteiger partial charge in [-0.25, -0.2) is 0 Å². The van der Waals surface area contributed by atoms with Gasteiger partial charge in [0.25, 0.3) is 0 Å². The molecule has 0 aliphatic heterocycles. The van der Waals surface area contributed by atoms with E-state index >= 15 is 0 Å². The highest BCUT2D eigenvalue weighted by molar-refractivity contribution is 5.79. The highest BCUT2D eigenvalue weighted by Gasteiger charge is 2.37. The maximum absolute atomic E-state index is 11.7. The molecule has 0 amide bonds. The first kappa shape index (κ1) is 34.1. The van der Waals surface area contributed by atoms with Crippen LogP contribution in [0.1, 0.15) is 20.3 Å². The summed E-state index contributed by atoms with van der Waals surface area (Å²) >= 11 is 0. The van der Waals surface area contributed by atoms with E-state index < -0.39 is 10.8 Å². The number of hydrogen-bond donors (Lipinski definition) is 0. The number of Topliss-reactive ketones (excluding diaryl/α,β-unsaturated/α-hetero) is 1. The molecule has 0 aromatic heterocycles. The van der Waals surface area contributed by atoms with Crippen molar-refractivity contribution >= 4 is 30.9 Å². The van der Waals surface area contributed by atoms with Gasteiger partial charge in [-0.3, -0.25) is 4.79 Å². The van der Waals surface area contributed by atoms with E-state index in [1.165, 1.54) is 0 Å². The van der Waals surface area contributed by atoms with Crippen molar-refractivity contribution in [3.05, 3.63) is 0 Å². The Hall–Kier alpha value is -1.93. The zero-order valence-electron chi connectivity index (χ0n) is 21.3. The molecule has 0 heterocycles. The minimum Gasteiger partial charge on any atom is -0.381 e. The van der Waals surface area contributed by atoms with Gasteiger partial charge in [0, 0.05) is 13.0 Å². The fourth-order valence-electron chi connectivity index (χ4n) is 3.08. The SMILES string of the molecule is CCOCC(COCC=O)(COCC=O)COCC(COCC=O)(COCC=O)COCC(=O)CC. The first-order chi connectivity index (χ1) is 17.5. The Labute approximate surface area is 212 Å². The second-order valence-corrected chi connectivity index (χ2v) is 8.24. The van der Waals surface area contributed by atoms with E-state index in [0.29, 0.717) is 38.2 Å². The third-order valence-electron chi connectivity index (χ3n) is 4.87. The van der Waals surface area contributed by atoms with Crippen LogP contribution in [0.2, 0.25) is 0 Å². The Kier molecular flexibility index (Phi) is 21.1. The average molecular weight is 521 g/mol. The Bertz CT molecular complexity index is 582. The van der Waals surface area contributed by atoms with Crippen LogP contribution in [0.15, 0.2) is 0 Å². The van der Waals surface area contributed by atoms with Crippen molar-refractivity contribution in [2.75, 3.05) is 92.5 Å². The van der Waals surface area contributed by atoms with Crippen LogP contribution in [0, 0.1) is 10.8 Å². The number of ether oxygens (including phenoxy) is 7. The molecule has 12 nitrogen and oxygen atoms in total. The Morgan fingerprint density at radius 3 is 1.19 bits per heavy atom. The lowest BCUT2D eigenvalue weighted by molar-refractivity contribution is -0.148. The molecular weight excluding hydrogens is 480 g/mol. The molecule has 0 saturated carbocycles. The molecule has 0 N–H and O–H groups in total. The van der Waals surface area contributed by atoms with Gasteiger partial charge >= 0.3 is 0 Å². The van der Waals surface area contributed by atoms with Gasteiger partial charge in [0.1, 0.15) is 58.2 Å². The van der Waals surface area contributed by atoms with Gasteiger partial charge in [-0.2, -0.15) is 0 Å². The number of carbonyl (C=O) groups excluding carboxylic acids is 5. The van der Waals surface area contributed by atoms with Crippen molar-refractivity contribution in [3.63, 3.8) is 0 Å². The smallest absolute Gasteiger partial charge is 0.158 e. The maximum Gasteiger partial charge on any atom is 0.158 e. The van der Waals surface area contributed by atoms with Crippen LogP contribution >= 0.6 is 0 Å². The molecule has 36 heavy (non-hydrogen) atoms. The minimum atomic E-state index is -0.954. The molecule has 0 aromatic carbocycles. The van der Waals surface area contributed by atoms with Crippen molar-refractivity contribution in [3.8, 4) is 0 Å². The monoisotopic (exact) mass is 520 g/mol. The van der Waals surface area contributed by atoms with Crippen molar-refractivity contribution in [1.82, 2.24) is 0 Å². The molecule has 0 atom stereocenters. The van der Waals surface area contributed by atoms with Crippen LogP contribution < -0.4 is 0 Å². The Balaban J connectivity index is 5.62. The molecular formula is C24H40O12. The Morgan fingerprint density at radius 2 is 0.861 bits per heavy atom. The summed E-state index contributed by atoms with van der Waals surface area (Å²) in [4.78, 5) is 54.8. The van der Waals surface area contributed by atoms with Gasteiger partial charge in [0.15, 0.2) is 5.78 Å². The predicted octanol–water partition coefficient (Wildman–Crippen LogP) is -0.130. The van der Waals surface area contributed by atoms with Gasteiger partial charge in [-0.15, -0.1) is 0 Å². The maximum atomic E-state index is 11.7. The molecule has 0 bridgehead atoms. The molecule has 0 unspecified atom stereocenters. The summed E-state index contributed by atoms with van der Waals surface area (Å²) in [6, 6.07) is 0. The number of ketones is 1. The van der Waals surface area contributed by atoms with Crippen LogP contribution in [-0.2, 0) is 57.1 Å². The van der Waals surface area contributed by atoms with Gasteiger partial charge in [-0.1, -0.05) is 6.92 Å². The summed E-state index contributed by atoms with van der Waals surface area (Å²) in [5.74, 6) is -0.0946. The fourth-order valence-corrected chi connectivity index (χ4v) is 3.08. The van der Waals surface area contributed by atoms with E-state index in [0.717, 1.165) is 0 Å². The Morgan fingerprint density at radius 1 is 0.528 bits per heavy atom. The van der Waals surface area contributed by atoms with E-state index in [1.807, 2.05) is 6.92 Å². The lowest BCUT2D eigenvalue weighted by Gasteiger charge is -2.36. The van der Waals surface area contributed by atoms with Gasteiger partial charge < -0.3 is 52.3 Å². The second kappa shape index (κ2) is 22.3. The number of carbonyl (C=O) groups is 5. The van der Waals surface area contributed by atoms with Crippen LogP contribution in [-0.4, -0.2) is 123 Å². The third kappa shape index (κ3) is 15.9. The van der Waals surface area contributed by atoms with Crippen molar-refractivity contribution in [1.29, 1.82) is 0 Å². The summed E-state index contributed by atoms with van der Waals surface area (Å²) in [5.41, 5.74) is -1.80. The molecule has 0 aliphatic rings. The zero-order chi connectivity index (χ0) is 27.0. The van der Waals surface area contributed by atoms with Crippen LogP contribution in [0.3, 0.4) is 0 Å². The first-order valence-corrected chi connectivity index (χ1v) is 11.8. The predicted molar refractivity (Wildman–Crippen MR) is 126 cm³/mol. The summed E-state index contributed by atoms with van der Waals surface area (Å²) in [6.07, 6.45) is 2.75. The quantitative estimate of drug-likeness (QED) is 0.0998. The number of rotatable bonds is 28. The van der Waals surface area contributed by atoms with Crippen LogP contribution in [0.5, 0.6) is 0 Å². The molecule has 0 fully saturated rings. The summed E-state index contributed by atoms with van der Waals surface area (Å²) in [6.45, 7) is 3.53. The van der Waals surface area contributed by atoms with E-state index in [4.69, 9.17) is 33.2 Å². The summed E-state index contributed by atoms with van der Waals surface area (Å²) < 4.78 is 39.0. The molecule has 0 rings (SSSR count). The van der Waals surface area contributed by atoms with Crippen molar-refractivity contribution < 1.29 is 57.1 Å². The lowest BCUT2D eigenvalue weighted by Crippen LogP contribution is -2.46. The van der Waals surface area contributed by atoms with Gasteiger partial charge in [0.2, 0.25) is 0 Å². The highest BCUT2D eigenvalue weighted by atomic mass is 16.5. The van der Waals surface area contributed by atoms with Crippen LogP contribution in [0.4, 0.5) is 0 Å². The van der Waals surface area contributed by atoms with Crippen molar-refractivity contribution in [2.24, 2.45) is 10.8 Å². The van der Waals surface area contributed by atoms with E-state index in [-0.39, 0.29) is 91.7 Å². The second-order valence-electron chi connectivity index (χ2n) is 8.24. The van der Waals surface area contributed by atoms with Gasteiger partial charge in [0.05, 0.1) is 63.7 Å². The molecule has 0 aliphatic carbocycles. The topological polar surface area (TPSA) is 150 Å². The van der Waals surface area contributed by atoms with Gasteiger partial charge in [-0.05, 0) is 6.92 Å². The van der Waals surface area contributed by atoms with Crippen molar-refractivity contribution in [2.45, 2.75) is 20.3 Å². The van der Waals surface area contributed by atoms with E-state index in [9.17, 15) is 24.0 Å². The van der Waals surface area contributed by atoms with E-state index in [1.54, 1.807) is 6.92 Å². The normalized spacial score (nSPS) is 11.8. The fraction of sp³-hybridized carbons (Fsp3) is 0.792. The zero-order valence-corrected chi connectivity index (χ0v) is 21.3. The lowest BCUT2D eigenvalue weighted by atomic mass is 9.90. The average Bonchev–Trinajstić information content (AvgIpc) is 2.88. The summed E-state index contributed by atoms with van der Waals surface area (Å²) in [7, 11) is 0. The molecule has 208 valence electrons. The number of hydrogen-bond acceptors (Lipinski definition) is 12. The molecule has 12 heteroatoms. The molecule has 0 saturated heterocycles. The standard InChI is InChI=1S/C24H40O12/c1-3-22(29)13-35-19-24(17-33-11-7-27,18-34-12-8-28)21-36-20-23(14-30-4-2,15-31-9-5-25)16-32-10-6-26/h5-8H,3-4,9-21H2,1-2H3. The molecule has 0 radical (unpaired) electrons. The molecule has 0 aromatic rings. The largest absolute Gasteiger partial charge is 0.381 e. The van der Waals surface area contributed by atoms with E-state index in [2.05, 4.69) is 0 Å². The number of aldehydes is 4. The molecule has 0 spiro atoms. The first-order valence-electron chi connectivity index (χ1n) is 11.8. The highest BCUT2D eigenvalue weighted by Crippen LogP contribution is 2.25. The summed E-state index contributed by atoms with van der Waals surface area (Å²) in [5, 5.41) is 0. The third-order valence-corrected chi connectivity index (χ3v) is 4.87. The van der Waals surface area contributed by atoms with Crippen LogP contribution in [0.25, 0.3) is 0 Å².